The maximum absolute atomic E-state index is 5.57. The highest BCUT2D eigenvalue weighted by atomic mass is 16.5. The van der Waals surface area contributed by atoms with E-state index in [-0.39, 0.29) is 0 Å². The van der Waals surface area contributed by atoms with Gasteiger partial charge >= 0.3 is 0 Å². The highest BCUT2D eigenvalue weighted by molar-refractivity contribution is 5.82. The molecule has 0 aliphatic heterocycles. The SMILES string of the molecule is COc1ccc2cc(C(C)CCN)[nH]c2c1. The zero-order valence-corrected chi connectivity index (χ0v) is 9.79. The third-order valence-corrected chi connectivity index (χ3v) is 2.98. The smallest absolute Gasteiger partial charge is 0.120 e. The molecule has 0 spiro atoms. The Labute approximate surface area is 95.6 Å². The number of hydrogen-bond acceptors (Lipinski definition) is 2. The lowest BCUT2D eigenvalue weighted by molar-refractivity contribution is 0.415. The number of H-pyrrole nitrogens is 1. The Balaban J connectivity index is 2.35. The van der Waals surface area contributed by atoms with E-state index in [2.05, 4.69) is 24.0 Å². The van der Waals surface area contributed by atoms with Crippen molar-refractivity contribution in [3.8, 4) is 5.75 Å². The van der Waals surface area contributed by atoms with Crippen LogP contribution in [0.15, 0.2) is 24.3 Å². The second-order valence-corrected chi connectivity index (χ2v) is 4.16. The average Bonchev–Trinajstić information content (AvgIpc) is 2.71. The first kappa shape index (κ1) is 11.0. The Hall–Kier alpha value is -1.48. The average molecular weight is 218 g/mol. The lowest BCUT2D eigenvalue weighted by atomic mass is 10.0. The second-order valence-electron chi connectivity index (χ2n) is 4.16. The van der Waals surface area contributed by atoms with Crippen LogP contribution in [0.25, 0.3) is 10.9 Å². The Morgan fingerprint density at radius 3 is 2.88 bits per heavy atom. The first-order valence-corrected chi connectivity index (χ1v) is 5.61. The third-order valence-electron chi connectivity index (χ3n) is 2.98. The van der Waals surface area contributed by atoms with Crippen molar-refractivity contribution in [2.75, 3.05) is 13.7 Å². The Bertz CT molecular complexity index is 476. The van der Waals surface area contributed by atoms with Crippen LogP contribution in [-0.4, -0.2) is 18.6 Å². The molecule has 0 radical (unpaired) electrons. The van der Waals surface area contributed by atoms with Crippen molar-refractivity contribution >= 4 is 10.9 Å². The lowest BCUT2D eigenvalue weighted by Crippen LogP contribution is -2.04. The van der Waals surface area contributed by atoms with Gasteiger partial charge in [-0.1, -0.05) is 6.92 Å². The topological polar surface area (TPSA) is 51.0 Å². The molecule has 3 nitrogen and oxygen atoms in total. The molecular formula is C13H18N2O. The van der Waals surface area contributed by atoms with Gasteiger partial charge < -0.3 is 15.5 Å². The molecule has 0 saturated carbocycles. The fourth-order valence-electron chi connectivity index (χ4n) is 1.93. The van der Waals surface area contributed by atoms with E-state index in [1.165, 1.54) is 11.1 Å². The van der Waals surface area contributed by atoms with Crippen LogP contribution in [0.3, 0.4) is 0 Å². The number of nitrogens with one attached hydrogen (secondary N) is 1. The van der Waals surface area contributed by atoms with Crippen LogP contribution in [0.5, 0.6) is 5.75 Å². The summed E-state index contributed by atoms with van der Waals surface area (Å²) in [7, 11) is 1.68. The standard InChI is InChI=1S/C13H18N2O/c1-9(5-6-14)12-7-10-3-4-11(16-2)8-13(10)15-12/h3-4,7-9,15H,5-6,14H2,1-2H3. The first-order valence-electron chi connectivity index (χ1n) is 5.61. The molecule has 0 aliphatic carbocycles. The molecule has 1 unspecified atom stereocenters. The summed E-state index contributed by atoms with van der Waals surface area (Å²) in [6.45, 7) is 2.91. The molecule has 0 saturated heterocycles. The number of nitrogens with two attached hydrogens (primary N) is 1. The van der Waals surface area contributed by atoms with Crippen LogP contribution < -0.4 is 10.5 Å². The number of aromatic nitrogens is 1. The van der Waals surface area contributed by atoms with Gasteiger partial charge in [0.2, 0.25) is 0 Å². The molecular weight excluding hydrogens is 200 g/mol. The van der Waals surface area contributed by atoms with E-state index in [9.17, 15) is 0 Å². The van der Waals surface area contributed by atoms with Crippen molar-refractivity contribution in [1.29, 1.82) is 0 Å². The summed E-state index contributed by atoms with van der Waals surface area (Å²) in [5, 5.41) is 1.22. The molecule has 0 fully saturated rings. The quantitative estimate of drug-likeness (QED) is 0.828. The van der Waals surface area contributed by atoms with Crippen LogP contribution in [0.2, 0.25) is 0 Å². The largest absolute Gasteiger partial charge is 0.497 e. The van der Waals surface area contributed by atoms with E-state index in [4.69, 9.17) is 10.5 Å². The zero-order chi connectivity index (χ0) is 11.5. The van der Waals surface area contributed by atoms with E-state index < -0.39 is 0 Å². The number of benzene rings is 1. The van der Waals surface area contributed by atoms with Gasteiger partial charge in [-0.25, -0.2) is 0 Å². The molecule has 16 heavy (non-hydrogen) atoms. The maximum atomic E-state index is 5.57. The second kappa shape index (κ2) is 4.58. The van der Waals surface area contributed by atoms with Gasteiger partial charge in [-0.05, 0) is 42.5 Å². The van der Waals surface area contributed by atoms with Crippen LogP contribution >= 0.6 is 0 Å². The summed E-state index contributed by atoms with van der Waals surface area (Å²) in [4.78, 5) is 3.42. The van der Waals surface area contributed by atoms with Gasteiger partial charge in [0.05, 0.1) is 7.11 Å². The van der Waals surface area contributed by atoms with E-state index >= 15 is 0 Å². The van der Waals surface area contributed by atoms with Crippen LogP contribution in [0, 0.1) is 0 Å². The molecule has 3 N–H and O–H groups in total. The molecule has 86 valence electrons. The number of hydrogen-bond donors (Lipinski definition) is 2. The first-order chi connectivity index (χ1) is 7.74. The maximum Gasteiger partial charge on any atom is 0.120 e. The molecule has 0 amide bonds. The fourth-order valence-corrected chi connectivity index (χ4v) is 1.93. The van der Waals surface area contributed by atoms with Crippen molar-refractivity contribution < 1.29 is 4.74 Å². The predicted octanol–water partition coefficient (Wildman–Crippen LogP) is 2.63. The van der Waals surface area contributed by atoms with E-state index in [1.54, 1.807) is 7.11 Å². The van der Waals surface area contributed by atoms with Gasteiger partial charge in [-0.2, -0.15) is 0 Å². The van der Waals surface area contributed by atoms with Gasteiger partial charge in [-0.3, -0.25) is 0 Å². The van der Waals surface area contributed by atoms with E-state index in [0.29, 0.717) is 5.92 Å². The lowest BCUT2D eigenvalue weighted by Gasteiger charge is -2.06. The zero-order valence-electron chi connectivity index (χ0n) is 9.79. The number of ether oxygens (including phenoxy) is 1. The van der Waals surface area contributed by atoms with Crippen molar-refractivity contribution in [1.82, 2.24) is 4.98 Å². The van der Waals surface area contributed by atoms with Crippen LogP contribution in [-0.2, 0) is 0 Å². The number of aromatic amines is 1. The Morgan fingerprint density at radius 2 is 2.19 bits per heavy atom. The van der Waals surface area contributed by atoms with Crippen molar-refractivity contribution in [2.45, 2.75) is 19.3 Å². The predicted molar refractivity (Wildman–Crippen MR) is 66.9 cm³/mol. The molecule has 2 rings (SSSR count). The summed E-state index contributed by atoms with van der Waals surface area (Å²) in [5.41, 5.74) is 7.94. The Morgan fingerprint density at radius 1 is 1.38 bits per heavy atom. The molecule has 1 heterocycles. The van der Waals surface area contributed by atoms with Gasteiger partial charge in [0.25, 0.3) is 0 Å². The normalized spacial score (nSPS) is 12.9. The van der Waals surface area contributed by atoms with Gasteiger partial charge in [0.1, 0.15) is 5.75 Å². The molecule has 1 aromatic heterocycles. The molecule has 0 aliphatic rings. The minimum absolute atomic E-state index is 0.475. The third kappa shape index (κ3) is 2.04. The molecule has 1 aromatic carbocycles. The van der Waals surface area contributed by atoms with E-state index in [1.807, 2.05) is 12.1 Å². The van der Waals surface area contributed by atoms with Gasteiger partial charge in [0, 0.05) is 17.3 Å². The number of rotatable bonds is 4. The summed E-state index contributed by atoms with van der Waals surface area (Å²) in [5.74, 6) is 1.36. The fraction of sp³-hybridized carbons (Fsp3) is 0.385. The highest BCUT2D eigenvalue weighted by Crippen LogP contribution is 2.25. The summed E-state index contributed by atoms with van der Waals surface area (Å²) in [6.07, 6.45) is 1.00. The van der Waals surface area contributed by atoms with Gasteiger partial charge in [-0.15, -0.1) is 0 Å². The molecule has 3 heteroatoms. The molecule has 2 aromatic rings. The Kier molecular flexibility index (Phi) is 3.15. The van der Waals surface area contributed by atoms with Crippen molar-refractivity contribution in [3.63, 3.8) is 0 Å². The monoisotopic (exact) mass is 218 g/mol. The molecule has 1 atom stereocenters. The minimum atomic E-state index is 0.475. The number of fused-ring (bicyclic) bond motifs is 1. The van der Waals surface area contributed by atoms with Crippen molar-refractivity contribution in [3.05, 3.63) is 30.0 Å². The van der Waals surface area contributed by atoms with Crippen LogP contribution in [0.4, 0.5) is 0 Å². The van der Waals surface area contributed by atoms with Gasteiger partial charge in [0.15, 0.2) is 0 Å². The summed E-state index contributed by atoms with van der Waals surface area (Å²) in [6, 6.07) is 8.26. The van der Waals surface area contributed by atoms with Crippen LogP contribution in [0.1, 0.15) is 25.0 Å². The highest BCUT2D eigenvalue weighted by Gasteiger charge is 2.08. The summed E-state index contributed by atoms with van der Waals surface area (Å²) >= 11 is 0. The summed E-state index contributed by atoms with van der Waals surface area (Å²) < 4.78 is 5.20. The molecule has 0 bridgehead atoms. The number of methoxy groups -OCH3 is 1. The van der Waals surface area contributed by atoms with Crippen molar-refractivity contribution in [2.24, 2.45) is 5.73 Å². The minimum Gasteiger partial charge on any atom is -0.497 e. The van der Waals surface area contributed by atoms with E-state index in [0.717, 1.165) is 24.2 Å².